The van der Waals surface area contributed by atoms with Crippen LogP contribution in [0, 0.1) is 5.41 Å². The van der Waals surface area contributed by atoms with Crippen molar-refractivity contribution in [3.8, 4) is 0 Å². The molecule has 2 amide bonds. The Hall–Kier alpha value is -1.32. The third-order valence-corrected chi connectivity index (χ3v) is 4.29. The third-order valence-electron chi connectivity index (χ3n) is 4.29. The van der Waals surface area contributed by atoms with Crippen LogP contribution in [0.3, 0.4) is 0 Å². The third kappa shape index (κ3) is 2.74. The summed E-state index contributed by atoms with van der Waals surface area (Å²) in [4.78, 5) is 27.2. The monoisotopic (exact) mass is 280 g/mol. The first-order valence-corrected chi connectivity index (χ1v) is 7.48. The van der Waals surface area contributed by atoms with Gasteiger partial charge in [0.05, 0.1) is 0 Å². The molecule has 0 aliphatic carbocycles. The van der Waals surface area contributed by atoms with Gasteiger partial charge in [-0.15, -0.1) is 0 Å². The van der Waals surface area contributed by atoms with Crippen LogP contribution < -0.4 is 5.32 Å². The van der Waals surface area contributed by atoms with Gasteiger partial charge in [0.1, 0.15) is 11.6 Å². The first-order valence-electron chi connectivity index (χ1n) is 7.48. The van der Waals surface area contributed by atoms with Crippen molar-refractivity contribution in [1.29, 1.82) is 0 Å². The molecule has 114 valence electrons. The summed E-state index contributed by atoms with van der Waals surface area (Å²) in [5, 5.41) is 2.95. The molecule has 1 N–H and O–H groups in total. The van der Waals surface area contributed by atoms with E-state index in [-0.39, 0.29) is 17.2 Å². The summed E-state index contributed by atoms with van der Waals surface area (Å²) in [6.45, 7) is 12.3. The number of piperazine rings is 1. The minimum absolute atomic E-state index is 0.0217. The second-order valence-electron chi connectivity index (χ2n) is 6.53. The summed E-state index contributed by atoms with van der Waals surface area (Å²) in [5.41, 5.74) is -0.993. The SMILES string of the molecule is C/C=C/CN1C(=O)C(C(C)(C)C)NC(=O)C1(CC)CC. The molecule has 0 bridgehead atoms. The molecule has 0 aromatic rings. The van der Waals surface area contributed by atoms with Gasteiger partial charge < -0.3 is 10.2 Å². The number of nitrogens with one attached hydrogen (secondary N) is 1. The summed E-state index contributed by atoms with van der Waals surface area (Å²) in [7, 11) is 0. The summed E-state index contributed by atoms with van der Waals surface area (Å²) in [6.07, 6.45) is 5.13. The number of hydrogen-bond donors (Lipinski definition) is 1. The van der Waals surface area contributed by atoms with Gasteiger partial charge in [-0.05, 0) is 25.2 Å². The lowest BCUT2D eigenvalue weighted by Gasteiger charge is -2.50. The van der Waals surface area contributed by atoms with E-state index in [0.717, 1.165) is 0 Å². The van der Waals surface area contributed by atoms with Gasteiger partial charge in [-0.3, -0.25) is 9.59 Å². The number of carbonyl (C=O) groups excluding carboxylic acids is 2. The van der Waals surface area contributed by atoms with Crippen molar-refractivity contribution in [2.24, 2.45) is 5.41 Å². The Morgan fingerprint density at radius 1 is 1.25 bits per heavy atom. The molecule has 1 aliphatic rings. The van der Waals surface area contributed by atoms with Crippen molar-refractivity contribution >= 4 is 11.8 Å². The maximum absolute atomic E-state index is 12.8. The second-order valence-corrected chi connectivity index (χ2v) is 6.53. The summed E-state index contributed by atoms with van der Waals surface area (Å²) >= 11 is 0. The number of nitrogens with zero attached hydrogens (tertiary/aromatic N) is 1. The first-order chi connectivity index (χ1) is 9.24. The minimum atomic E-state index is -0.710. The van der Waals surface area contributed by atoms with Gasteiger partial charge in [-0.25, -0.2) is 0 Å². The highest BCUT2D eigenvalue weighted by molar-refractivity contribution is 6.00. The molecular formula is C16H28N2O2. The zero-order valence-corrected chi connectivity index (χ0v) is 13.6. The first kappa shape index (κ1) is 16.7. The normalized spacial score (nSPS) is 23.3. The average molecular weight is 280 g/mol. The fourth-order valence-electron chi connectivity index (χ4n) is 2.83. The fourth-order valence-corrected chi connectivity index (χ4v) is 2.83. The van der Waals surface area contributed by atoms with E-state index in [1.165, 1.54) is 0 Å². The minimum Gasteiger partial charge on any atom is -0.342 e. The Bertz CT molecular complexity index is 403. The molecule has 1 atom stereocenters. The van der Waals surface area contributed by atoms with Gasteiger partial charge >= 0.3 is 0 Å². The highest BCUT2D eigenvalue weighted by Gasteiger charge is 2.52. The van der Waals surface area contributed by atoms with Gasteiger partial charge in [0.15, 0.2) is 0 Å². The largest absolute Gasteiger partial charge is 0.342 e. The second kappa shape index (κ2) is 5.98. The van der Waals surface area contributed by atoms with Gasteiger partial charge in [0, 0.05) is 6.54 Å². The van der Waals surface area contributed by atoms with Crippen molar-refractivity contribution in [1.82, 2.24) is 10.2 Å². The molecule has 4 heteroatoms. The molecule has 0 aromatic heterocycles. The fraction of sp³-hybridized carbons (Fsp3) is 0.750. The van der Waals surface area contributed by atoms with Gasteiger partial charge in [0.2, 0.25) is 11.8 Å². The zero-order chi connectivity index (χ0) is 15.6. The Kier molecular flexibility index (Phi) is 5.00. The molecule has 0 aromatic carbocycles. The topological polar surface area (TPSA) is 49.4 Å². The number of hydrogen-bond acceptors (Lipinski definition) is 2. The summed E-state index contributed by atoms with van der Waals surface area (Å²) in [5.74, 6) is 0.00503. The standard InChI is InChI=1S/C16H28N2O2/c1-7-10-11-18-13(19)12(15(4,5)6)17-14(20)16(18,8-2)9-3/h7,10,12H,8-9,11H2,1-6H3,(H,17,20)/b10-7+. The van der Waals surface area contributed by atoms with E-state index in [0.29, 0.717) is 19.4 Å². The lowest BCUT2D eigenvalue weighted by Crippen LogP contribution is -2.72. The predicted octanol–water partition coefficient (Wildman–Crippen LogP) is 2.49. The van der Waals surface area contributed by atoms with Crippen molar-refractivity contribution in [2.45, 2.75) is 66.0 Å². The van der Waals surface area contributed by atoms with Crippen LogP contribution in [-0.4, -0.2) is 34.8 Å². The number of allylic oxidation sites excluding steroid dienone is 1. The van der Waals surface area contributed by atoms with Gasteiger partial charge in [0.25, 0.3) is 0 Å². The van der Waals surface area contributed by atoms with Crippen molar-refractivity contribution in [3.63, 3.8) is 0 Å². The van der Waals surface area contributed by atoms with Crippen LogP contribution >= 0.6 is 0 Å². The maximum atomic E-state index is 12.8. The van der Waals surface area contributed by atoms with E-state index < -0.39 is 11.6 Å². The Labute approximate surface area is 122 Å². The lowest BCUT2D eigenvalue weighted by atomic mass is 9.79. The number of amides is 2. The van der Waals surface area contributed by atoms with Crippen LogP contribution in [0.5, 0.6) is 0 Å². The predicted molar refractivity (Wildman–Crippen MR) is 81.2 cm³/mol. The Balaban J connectivity index is 3.24. The average Bonchev–Trinajstić information content (AvgIpc) is 2.38. The van der Waals surface area contributed by atoms with E-state index in [1.54, 1.807) is 4.90 Å². The summed E-state index contributed by atoms with van der Waals surface area (Å²) in [6, 6.07) is -0.452. The summed E-state index contributed by atoms with van der Waals surface area (Å²) < 4.78 is 0. The van der Waals surface area contributed by atoms with Crippen molar-refractivity contribution < 1.29 is 9.59 Å². The molecule has 1 fully saturated rings. The molecule has 0 radical (unpaired) electrons. The molecule has 0 spiro atoms. The van der Waals surface area contributed by atoms with Crippen LogP contribution in [0.25, 0.3) is 0 Å². The van der Waals surface area contributed by atoms with E-state index in [2.05, 4.69) is 5.32 Å². The van der Waals surface area contributed by atoms with E-state index in [1.807, 2.05) is 53.7 Å². The zero-order valence-electron chi connectivity index (χ0n) is 13.6. The van der Waals surface area contributed by atoms with E-state index in [9.17, 15) is 9.59 Å². The van der Waals surface area contributed by atoms with E-state index in [4.69, 9.17) is 0 Å². The van der Waals surface area contributed by atoms with Crippen LogP contribution in [0.4, 0.5) is 0 Å². The molecule has 1 unspecified atom stereocenters. The van der Waals surface area contributed by atoms with Crippen LogP contribution in [0.15, 0.2) is 12.2 Å². The van der Waals surface area contributed by atoms with Crippen molar-refractivity contribution in [2.75, 3.05) is 6.54 Å². The van der Waals surface area contributed by atoms with Crippen LogP contribution in [-0.2, 0) is 9.59 Å². The van der Waals surface area contributed by atoms with E-state index >= 15 is 0 Å². The molecule has 1 heterocycles. The van der Waals surface area contributed by atoms with Gasteiger partial charge in [-0.1, -0.05) is 46.8 Å². The lowest BCUT2D eigenvalue weighted by molar-refractivity contribution is -0.160. The molecule has 1 saturated heterocycles. The molecule has 0 saturated carbocycles. The Morgan fingerprint density at radius 3 is 2.20 bits per heavy atom. The molecular weight excluding hydrogens is 252 g/mol. The number of carbonyl (C=O) groups is 2. The van der Waals surface area contributed by atoms with Crippen molar-refractivity contribution in [3.05, 3.63) is 12.2 Å². The highest BCUT2D eigenvalue weighted by atomic mass is 16.2. The quantitative estimate of drug-likeness (QED) is 0.804. The molecule has 1 aliphatic heterocycles. The smallest absolute Gasteiger partial charge is 0.246 e. The highest BCUT2D eigenvalue weighted by Crippen LogP contribution is 2.33. The Morgan fingerprint density at radius 2 is 1.80 bits per heavy atom. The maximum Gasteiger partial charge on any atom is 0.246 e. The molecule has 4 nitrogen and oxygen atoms in total. The molecule has 1 rings (SSSR count). The van der Waals surface area contributed by atoms with Crippen LogP contribution in [0.1, 0.15) is 54.4 Å². The van der Waals surface area contributed by atoms with Crippen LogP contribution in [0.2, 0.25) is 0 Å². The molecule has 20 heavy (non-hydrogen) atoms. The van der Waals surface area contributed by atoms with Gasteiger partial charge in [-0.2, -0.15) is 0 Å². The number of rotatable bonds is 4.